The summed E-state index contributed by atoms with van der Waals surface area (Å²) in [6.45, 7) is 4.74. The van der Waals surface area contributed by atoms with Crippen molar-refractivity contribution in [2.75, 3.05) is 26.3 Å². The molecule has 4 rings (SSSR count). The lowest BCUT2D eigenvalue weighted by Gasteiger charge is -2.32. The minimum absolute atomic E-state index is 0.630. The van der Waals surface area contributed by atoms with Gasteiger partial charge in [0.1, 0.15) is 13.2 Å². The third kappa shape index (κ3) is 2.62. The molecule has 0 aliphatic carbocycles. The lowest BCUT2D eigenvalue weighted by atomic mass is 9.99. The number of ether oxygens (including phenoxy) is 2. The molecule has 2 saturated heterocycles. The molecule has 1 N–H and O–H groups in total. The summed E-state index contributed by atoms with van der Waals surface area (Å²) in [7, 11) is 0. The molecule has 3 aliphatic heterocycles. The molecule has 0 saturated carbocycles. The van der Waals surface area contributed by atoms with E-state index in [9.17, 15) is 0 Å². The monoisotopic (exact) mass is 288 g/mol. The van der Waals surface area contributed by atoms with Crippen LogP contribution in [-0.4, -0.2) is 43.3 Å². The molecule has 114 valence electrons. The van der Waals surface area contributed by atoms with Crippen LogP contribution in [0.2, 0.25) is 0 Å². The van der Waals surface area contributed by atoms with E-state index < -0.39 is 0 Å². The van der Waals surface area contributed by atoms with Crippen molar-refractivity contribution in [3.63, 3.8) is 0 Å². The van der Waals surface area contributed by atoms with Gasteiger partial charge in [-0.05, 0) is 31.9 Å². The lowest BCUT2D eigenvalue weighted by Crippen LogP contribution is -2.44. The zero-order chi connectivity index (χ0) is 14.1. The van der Waals surface area contributed by atoms with Crippen LogP contribution in [0.4, 0.5) is 0 Å². The second kappa shape index (κ2) is 5.85. The van der Waals surface area contributed by atoms with E-state index in [1.165, 1.54) is 44.3 Å². The Bertz CT molecular complexity index is 506. The van der Waals surface area contributed by atoms with Crippen LogP contribution in [0.25, 0.3) is 0 Å². The summed E-state index contributed by atoms with van der Waals surface area (Å²) < 4.78 is 11.5. The average molecular weight is 288 g/mol. The van der Waals surface area contributed by atoms with Gasteiger partial charge in [-0.15, -0.1) is 0 Å². The van der Waals surface area contributed by atoms with Crippen LogP contribution in [0.1, 0.15) is 31.2 Å². The highest BCUT2D eigenvalue weighted by Crippen LogP contribution is 2.34. The van der Waals surface area contributed by atoms with Crippen LogP contribution in [0.5, 0.6) is 11.5 Å². The molecule has 0 aromatic heterocycles. The molecule has 3 heterocycles. The summed E-state index contributed by atoms with van der Waals surface area (Å²) in [5.74, 6) is 1.83. The van der Waals surface area contributed by atoms with E-state index >= 15 is 0 Å². The molecule has 21 heavy (non-hydrogen) atoms. The summed E-state index contributed by atoms with van der Waals surface area (Å²) in [6, 6.07) is 7.58. The number of para-hydroxylation sites is 1. The molecule has 0 amide bonds. The summed E-state index contributed by atoms with van der Waals surface area (Å²) in [5, 5.41) is 3.77. The van der Waals surface area contributed by atoms with E-state index in [2.05, 4.69) is 22.3 Å². The standard InChI is InChI=1S/C17H24N2O2/c1-2-8-19-9-7-14(15(19)5-1)18-12-13-4-3-6-16-17(13)21-11-10-20-16/h3-4,6,14-15,18H,1-2,5,7-12H2. The van der Waals surface area contributed by atoms with Gasteiger partial charge in [-0.25, -0.2) is 0 Å². The largest absolute Gasteiger partial charge is 0.486 e. The van der Waals surface area contributed by atoms with Crippen molar-refractivity contribution < 1.29 is 9.47 Å². The second-order valence-electron chi connectivity index (χ2n) is 6.32. The predicted octanol–water partition coefficient (Wildman–Crippen LogP) is 2.17. The number of hydrogen-bond acceptors (Lipinski definition) is 4. The van der Waals surface area contributed by atoms with Crippen LogP contribution in [-0.2, 0) is 6.54 Å². The fourth-order valence-corrected chi connectivity index (χ4v) is 4.00. The van der Waals surface area contributed by atoms with Gasteiger partial charge < -0.3 is 14.8 Å². The molecule has 2 unspecified atom stereocenters. The van der Waals surface area contributed by atoms with Crippen LogP contribution >= 0.6 is 0 Å². The molecule has 0 spiro atoms. The SMILES string of the molecule is c1cc(CNC2CCN3CCCCC23)c2c(c1)OCCO2. The first kappa shape index (κ1) is 13.4. The molecular weight excluding hydrogens is 264 g/mol. The Morgan fingerprint density at radius 2 is 2.05 bits per heavy atom. The average Bonchev–Trinajstić information content (AvgIpc) is 2.96. The molecule has 0 bridgehead atoms. The number of fused-ring (bicyclic) bond motifs is 2. The molecule has 3 aliphatic rings. The molecule has 4 heteroatoms. The summed E-state index contributed by atoms with van der Waals surface area (Å²) in [4.78, 5) is 2.67. The van der Waals surface area contributed by atoms with Gasteiger partial charge in [0.25, 0.3) is 0 Å². The number of hydrogen-bond donors (Lipinski definition) is 1. The van der Waals surface area contributed by atoms with Gasteiger partial charge >= 0.3 is 0 Å². The van der Waals surface area contributed by atoms with Crippen molar-refractivity contribution in [2.24, 2.45) is 0 Å². The van der Waals surface area contributed by atoms with E-state index in [4.69, 9.17) is 9.47 Å². The van der Waals surface area contributed by atoms with E-state index in [1.54, 1.807) is 0 Å². The quantitative estimate of drug-likeness (QED) is 0.924. The maximum atomic E-state index is 5.80. The third-order valence-corrected chi connectivity index (χ3v) is 5.06. The van der Waals surface area contributed by atoms with Crippen molar-refractivity contribution >= 4 is 0 Å². The second-order valence-corrected chi connectivity index (χ2v) is 6.32. The topological polar surface area (TPSA) is 33.7 Å². The van der Waals surface area contributed by atoms with Crippen LogP contribution < -0.4 is 14.8 Å². The first-order valence-electron chi connectivity index (χ1n) is 8.27. The maximum Gasteiger partial charge on any atom is 0.165 e. The highest BCUT2D eigenvalue weighted by atomic mass is 16.6. The van der Waals surface area contributed by atoms with Crippen LogP contribution in [0.3, 0.4) is 0 Å². The summed E-state index contributed by atoms with van der Waals surface area (Å²) in [5.41, 5.74) is 1.22. The highest BCUT2D eigenvalue weighted by Gasteiger charge is 2.35. The van der Waals surface area contributed by atoms with Gasteiger partial charge in [0.15, 0.2) is 11.5 Å². The van der Waals surface area contributed by atoms with E-state index in [-0.39, 0.29) is 0 Å². The Hall–Kier alpha value is -1.26. The number of piperidine rings is 1. The Labute approximate surface area is 126 Å². The maximum absolute atomic E-state index is 5.80. The van der Waals surface area contributed by atoms with Gasteiger partial charge in [-0.1, -0.05) is 18.6 Å². The van der Waals surface area contributed by atoms with E-state index in [0.29, 0.717) is 19.3 Å². The summed E-state index contributed by atoms with van der Waals surface area (Å²) >= 11 is 0. The van der Waals surface area contributed by atoms with Gasteiger partial charge in [-0.3, -0.25) is 4.90 Å². The van der Waals surface area contributed by atoms with Crippen molar-refractivity contribution in [1.29, 1.82) is 0 Å². The first-order chi connectivity index (χ1) is 10.4. The number of rotatable bonds is 3. The Kier molecular flexibility index (Phi) is 3.74. The number of nitrogens with zero attached hydrogens (tertiary/aromatic N) is 1. The molecule has 4 nitrogen and oxygen atoms in total. The molecule has 1 aromatic rings. The minimum atomic E-state index is 0.630. The van der Waals surface area contributed by atoms with Crippen LogP contribution in [0.15, 0.2) is 18.2 Å². The van der Waals surface area contributed by atoms with Crippen molar-refractivity contribution in [3.8, 4) is 11.5 Å². The predicted molar refractivity (Wildman–Crippen MR) is 81.9 cm³/mol. The van der Waals surface area contributed by atoms with E-state index in [1.807, 2.05) is 6.07 Å². The minimum Gasteiger partial charge on any atom is -0.486 e. The Morgan fingerprint density at radius 1 is 1.10 bits per heavy atom. The van der Waals surface area contributed by atoms with Gasteiger partial charge in [0, 0.05) is 30.7 Å². The van der Waals surface area contributed by atoms with Gasteiger partial charge in [0.05, 0.1) is 0 Å². The number of nitrogens with one attached hydrogen (secondary N) is 1. The van der Waals surface area contributed by atoms with Crippen molar-refractivity contribution in [3.05, 3.63) is 23.8 Å². The lowest BCUT2D eigenvalue weighted by molar-refractivity contribution is 0.168. The van der Waals surface area contributed by atoms with Crippen molar-refractivity contribution in [1.82, 2.24) is 10.2 Å². The van der Waals surface area contributed by atoms with Gasteiger partial charge in [-0.2, -0.15) is 0 Å². The van der Waals surface area contributed by atoms with Gasteiger partial charge in [0.2, 0.25) is 0 Å². The fraction of sp³-hybridized carbons (Fsp3) is 0.647. The molecule has 1 aromatic carbocycles. The Balaban J connectivity index is 1.43. The zero-order valence-electron chi connectivity index (χ0n) is 12.5. The summed E-state index contributed by atoms with van der Waals surface area (Å²) in [6.07, 6.45) is 5.39. The molecular formula is C17H24N2O2. The molecule has 0 radical (unpaired) electrons. The van der Waals surface area contributed by atoms with Crippen molar-refractivity contribution in [2.45, 2.75) is 44.3 Å². The Morgan fingerprint density at radius 3 is 3.05 bits per heavy atom. The fourth-order valence-electron chi connectivity index (χ4n) is 4.00. The normalized spacial score (nSPS) is 28.4. The van der Waals surface area contributed by atoms with E-state index in [0.717, 1.165) is 24.1 Å². The third-order valence-electron chi connectivity index (χ3n) is 5.06. The molecule has 2 atom stereocenters. The smallest absolute Gasteiger partial charge is 0.165 e. The van der Waals surface area contributed by atoms with Crippen LogP contribution in [0, 0.1) is 0 Å². The molecule has 2 fully saturated rings. The highest BCUT2D eigenvalue weighted by molar-refractivity contribution is 5.47. The zero-order valence-corrected chi connectivity index (χ0v) is 12.5. The number of benzene rings is 1. The first-order valence-corrected chi connectivity index (χ1v) is 8.27.